The minimum absolute atomic E-state index is 0.134. The van der Waals surface area contributed by atoms with Gasteiger partial charge in [-0.25, -0.2) is 23.5 Å². The van der Waals surface area contributed by atoms with E-state index >= 15 is 0 Å². The Hall–Kier alpha value is -3.34. The summed E-state index contributed by atoms with van der Waals surface area (Å²) in [4.78, 5) is 25.8. The maximum atomic E-state index is 14.6. The molecule has 4 aromatic rings. The van der Waals surface area contributed by atoms with Crippen molar-refractivity contribution in [2.75, 3.05) is 18.4 Å². The third kappa shape index (κ3) is 2.84. The lowest BCUT2D eigenvalue weighted by Crippen LogP contribution is -2.49. The monoisotopic (exact) mass is 414 g/mol. The molecule has 1 fully saturated rings. The first-order valence-corrected chi connectivity index (χ1v) is 9.58. The Morgan fingerprint density at radius 3 is 2.97 bits per heavy atom. The minimum Gasteiger partial charge on any atom is -0.323 e. The topological polar surface area (TPSA) is 94.1 Å². The maximum absolute atomic E-state index is 14.6. The summed E-state index contributed by atoms with van der Waals surface area (Å²) in [5.41, 5.74) is 2.54. The van der Waals surface area contributed by atoms with Gasteiger partial charge in [0.25, 0.3) is 5.92 Å². The number of anilines is 2. The molecule has 0 aliphatic carbocycles. The lowest BCUT2D eigenvalue weighted by atomic mass is 10.0. The van der Waals surface area contributed by atoms with Gasteiger partial charge in [0.05, 0.1) is 18.4 Å². The van der Waals surface area contributed by atoms with Crippen LogP contribution in [0.25, 0.3) is 16.8 Å². The van der Waals surface area contributed by atoms with E-state index in [1.807, 2.05) is 29.8 Å². The molecule has 0 aromatic carbocycles. The second-order valence-corrected chi connectivity index (χ2v) is 7.54. The van der Waals surface area contributed by atoms with E-state index < -0.39 is 24.2 Å². The van der Waals surface area contributed by atoms with Crippen molar-refractivity contribution < 1.29 is 8.78 Å². The second-order valence-electron chi connectivity index (χ2n) is 7.54. The zero-order chi connectivity index (χ0) is 21.0. The third-order valence-corrected chi connectivity index (χ3v) is 5.57. The van der Waals surface area contributed by atoms with Crippen molar-refractivity contribution in [2.45, 2.75) is 25.3 Å². The second kappa shape index (κ2) is 6.59. The number of aryl methyl sites for hydroxylation is 2. The summed E-state index contributed by atoms with van der Waals surface area (Å²) in [5.74, 6) is -2.83. The van der Waals surface area contributed by atoms with Gasteiger partial charge in [-0.1, -0.05) is 0 Å². The highest BCUT2D eigenvalue weighted by Crippen LogP contribution is 2.34. The fourth-order valence-electron chi connectivity index (χ4n) is 3.93. The summed E-state index contributed by atoms with van der Waals surface area (Å²) >= 11 is 0. The molecule has 9 nitrogen and oxygen atoms in total. The highest BCUT2D eigenvalue weighted by Gasteiger charge is 2.44. The van der Waals surface area contributed by atoms with Crippen LogP contribution in [0.5, 0.6) is 0 Å². The van der Waals surface area contributed by atoms with Crippen LogP contribution in [0.3, 0.4) is 0 Å². The van der Waals surface area contributed by atoms with Gasteiger partial charge in [-0.2, -0.15) is 4.98 Å². The molecule has 1 saturated heterocycles. The van der Waals surface area contributed by atoms with Gasteiger partial charge in [-0.3, -0.25) is 9.13 Å². The van der Waals surface area contributed by atoms with Crippen LogP contribution in [-0.4, -0.2) is 47.5 Å². The van der Waals surface area contributed by atoms with Crippen LogP contribution in [0.15, 0.2) is 35.6 Å². The van der Waals surface area contributed by atoms with Crippen LogP contribution < -0.4 is 16.3 Å². The number of alkyl halides is 2. The molecule has 2 N–H and O–H groups in total. The predicted octanol–water partition coefficient (Wildman–Crippen LogP) is 2.00. The molecule has 0 spiro atoms. The molecule has 0 amide bonds. The van der Waals surface area contributed by atoms with Crippen LogP contribution in [0.2, 0.25) is 0 Å². The molecular formula is C19H20F2N8O. The van der Waals surface area contributed by atoms with Crippen molar-refractivity contribution in [1.29, 1.82) is 0 Å². The van der Waals surface area contributed by atoms with Crippen LogP contribution >= 0.6 is 0 Å². The number of aromatic nitrogens is 6. The summed E-state index contributed by atoms with van der Waals surface area (Å²) in [7, 11) is 1.54. The zero-order valence-corrected chi connectivity index (χ0v) is 16.4. The molecular weight excluding hydrogens is 394 g/mol. The summed E-state index contributed by atoms with van der Waals surface area (Å²) < 4.78 is 33.4. The number of nitrogens with one attached hydrogen (secondary N) is 2. The average Bonchev–Trinajstić information content (AvgIpc) is 3.25. The van der Waals surface area contributed by atoms with Crippen molar-refractivity contribution >= 4 is 28.4 Å². The number of halogens is 2. The normalized spacial score (nSPS) is 18.9. The molecule has 1 aliphatic heterocycles. The first kappa shape index (κ1) is 18.7. The molecule has 1 aliphatic rings. The van der Waals surface area contributed by atoms with E-state index in [9.17, 15) is 13.6 Å². The maximum Gasteiger partial charge on any atom is 0.330 e. The molecule has 1 atom stereocenters. The van der Waals surface area contributed by atoms with Crippen LogP contribution in [0, 0.1) is 6.92 Å². The van der Waals surface area contributed by atoms with Gasteiger partial charge in [0.1, 0.15) is 17.2 Å². The number of imidazole rings is 2. The fraction of sp³-hybridized carbons (Fsp3) is 0.368. The van der Waals surface area contributed by atoms with Crippen molar-refractivity contribution in [3.05, 3.63) is 46.9 Å². The van der Waals surface area contributed by atoms with Gasteiger partial charge in [-0.05, 0) is 31.5 Å². The van der Waals surface area contributed by atoms with E-state index in [4.69, 9.17) is 0 Å². The van der Waals surface area contributed by atoms with E-state index in [1.54, 1.807) is 6.20 Å². The number of fused-ring (bicyclic) bond motifs is 2. The van der Waals surface area contributed by atoms with E-state index in [2.05, 4.69) is 25.6 Å². The minimum atomic E-state index is -3.06. The Labute approximate surface area is 169 Å². The van der Waals surface area contributed by atoms with Gasteiger partial charge in [0, 0.05) is 25.6 Å². The largest absolute Gasteiger partial charge is 0.330 e. The SMILES string of the molecule is Cc1cc2nccn2cc1Nc1ncc2c(n1)n([C@H]1CCNCC1(F)F)c(=O)n2C. The number of pyridine rings is 1. The van der Waals surface area contributed by atoms with Gasteiger partial charge < -0.3 is 15.0 Å². The van der Waals surface area contributed by atoms with Crippen LogP contribution in [0.4, 0.5) is 20.4 Å². The number of hydrogen-bond acceptors (Lipinski definition) is 6. The summed E-state index contributed by atoms with van der Waals surface area (Å²) in [5, 5.41) is 5.82. The van der Waals surface area contributed by atoms with Crippen molar-refractivity contribution in [2.24, 2.45) is 7.05 Å². The molecule has 5 rings (SSSR count). The van der Waals surface area contributed by atoms with Gasteiger partial charge in [0.2, 0.25) is 5.95 Å². The lowest BCUT2D eigenvalue weighted by Gasteiger charge is -2.32. The predicted molar refractivity (Wildman–Crippen MR) is 107 cm³/mol. The molecule has 4 aromatic heterocycles. The standard InChI is InChI=1S/C19H20F2N8O/c1-11-7-15-23-5-6-28(15)9-12(11)25-17-24-8-13-16(26-17)29(18(30)27(13)2)14-3-4-22-10-19(14,20)21/h5-9,14,22H,3-4,10H2,1-2H3,(H,24,25,26)/t14-/m0/s1. The van der Waals surface area contributed by atoms with Gasteiger partial charge in [-0.15, -0.1) is 0 Å². The van der Waals surface area contributed by atoms with E-state index in [0.29, 0.717) is 12.1 Å². The summed E-state index contributed by atoms with van der Waals surface area (Å²) in [6.45, 7) is 1.85. The van der Waals surface area contributed by atoms with E-state index in [-0.39, 0.29) is 18.0 Å². The Bertz CT molecular complexity index is 1320. The lowest BCUT2D eigenvalue weighted by molar-refractivity contribution is -0.0658. The molecule has 0 unspecified atom stereocenters. The number of hydrogen-bond donors (Lipinski definition) is 2. The highest BCUT2D eigenvalue weighted by atomic mass is 19.3. The molecule has 156 valence electrons. The fourth-order valence-corrected chi connectivity index (χ4v) is 3.93. The quantitative estimate of drug-likeness (QED) is 0.533. The Kier molecular flexibility index (Phi) is 4.10. The molecule has 0 radical (unpaired) electrons. The molecule has 5 heterocycles. The van der Waals surface area contributed by atoms with Gasteiger partial charge >= 0.3 is 5.69 Å². The van der Waals surface area contributed by atoms with E-state index in [0.717, 1.165) is 21.5 Å². The van der Waals surface area contributed by atoms with Crippen molar-refractivity contribution in [3.63, 3.8) is 0 Å². The molecule has 0 bridgehead atoms. The highest BCUT2D eigenvalue weighted by molar-refractivity contribution is 5.73. The first-order valence-electron chi connectivity index (χ1n) is 9.58. The van der Waals surface area contributed by atoms with Crippen LogP contribution in [-0.2, 0) is 7.05 Å². The smallest absolute Gasteiger partial charge is 0.323 e. The number of piperidine rings is 1. The molecule has 11 heteroatoms. The van der Waals surface area contributed by atoms with Crippen molar-refractivity contribution in [3.8, 4) is 0 Å². The third-order valence-electron chi connectivity index (χ3n) is 5.57. The average molecular weight is 414 g/mol. The van der Waals surface area contributed by atoms with Gasteiger partial charge in [0.15, 0.2) is 5.65 Å². The Balaban J connectivity index is 1.61. The Morgan fingerprint density at radius 2 is 2.17 bits per heavy atom. The molecule has 0 saturated carbocycles. The van der Waals surface area contributed by atoms with Crippen LogP contribution in [0.1, 0.15) is 18.0 Å². The van der Waals surface area contributed by atoms with Crippen molar-refractivity contribution in [1.82, 2.24) is 33.8 Å². The number of rotatable bonds is 3. The summed E-state index contributed by atoms with van der Waals surface area (Å²) in [6, 6.07) is 0.649. The Morgan fingerprint density at radius 1 is 1.33 bits per heavy atom. The summed E-state index contributed by atoms with van der Waals surface area (Å²) in [6.07, 6.45) is 6.98. The van der Waals surface area contributed by atoms with E-state index in [1.165, 1.54) is 17.8 Å². The molecule has 30 heavy (non-hydrogen) atoms. The zero-order valence-electron chi connectivity index (χ0n) is 16.4. The number of nitrogens with zero attached hydrogens (tertiary/aromatic N) is 6. The first-order chi connectivity index (χ1) is 14.3.